The van der Waals surface area contributed by atoms with Gasteiger partial charge in [0.25, 0.3) is 0 Å². The van der Waals surface area contributed by atoms with Crippen molar-refractivity contribution < 1.29 is 13.9 Å². The molecule has 1 atom stereocenters. The molecular weight excluding hydrogens is 245 g/mol. The van der Waals surface area contributed by atoms with Crippen LogP contribution in [0.2, 0.25) is 0 Å². The van der Waals surface area contributed by atoms with E-state index in [1.165, 1.54) is 12.1 Å². The van der Waals surface area contributed by atoms with Gasteiger partial charge in [-0.1, -0.05) is 0 Å². The first kappa shape index (κ1) is 14.3. The highest BCUT2D eigenvalue weighted by Crippen LogP contribution is 2.21. The van der Waals surface area contributed by atoms with Crippen LogP contribution in [0.5, 0.6) is 5.75 Å². The van der Waals surface area contributed by atoms with Gasteiger partial charge in [0.2, 0.25) is 0 Å². The minimum atomic E-state index is -0.264. The second-order valence-electron chi connectivity index (χ2n) is 5.34. The fourth-order valence-electron chi connectivity index (χ4n) is 2.32. The Morgan fingerprint density at radius 3 is 2.79 bits per heavy atom. The Balaban J connectivity index is 1.93. The van der Waals surface area contributed by atoms with E-state index in [0.717, 1.165) is 31.6 Å². The fourth-order valence-corrected chi connectivity index (χ4v) is 2.32. The molecule has 19 heavy (non-hydrogen) atoms. The molecule has 1 aliphatic rings. The molecule has 0 saturated carbocycles. The van der Waals surface area contributed by atoms with Crippen LogP contribution in [-0.4, -0.2) is 25.9 Å². The maximum Gasteiger partial charge on any atom is 0.127 e. The van der Waals surface area contributed by atoms with E-state index in [0.29, 0.717) is 24.7 Å². The summed E-state index contributed by atoms with van der Waals surface area (Å²) in [6.45, 7) is 4.14. The molecule has 0 aliphatic carbocycles. The summed E-state index contributed by atoms with van der Waals surface area (Å²) >= 11 is 0. The Bertz CT molecular complexity index is 403. The number of hydrogen-bond acceptors (Lipinski definition) is 3. The van der Waals surface area contributed by atoms with E-state index in [1.54, 1.807) is 0 Å². The summed E-state index contributed by atoms with van der Waals surface area (Å²) in [6, 6.07) is 4.85. The van der Waals surface area contributed by atoms with Crippen molar-refractivity contribution in [1.82, 2.24) is 0 Å². The van der Waals surface area contributed by atoms with Crippen molar-refractivity contribution >= 4 is 0 Å². The first-order chi connectivity index (χ1) is 9.13. The van der Waals surface area contributed by atoms with Crippen LogP contribution in [0.4, 0.5) is 4.39 Å². The van der Waals surface area contributed by atoms with Crippen LogP contribution in [0.25, 0.3) is 0 Å². The predicted octanol–water partition coefficient (Wildman–Crippen LogP) is 2.52. The molecule has 0 radical (unpaired) electrons. The number of hydrogen-bond donors (Lipinski definition) is 1. The van der Waals surface area contributed by atoms with E-state index in [-0.39, 0.29) is 11.9 Å². The van der Waals surface area contributed by atoms with Crippen LogP contribution in [0.15, 0.2) is 18.2 Å². The van der Waals surface area contributed by atoms with Crippen molar-refractivity contribution in [1.29, 1.82) is 0 Å². The van der Waals surface area contributed by atoms with Gasteiger partial charge in [0.1, 0.15) is 11.6 Å². The van der Waals surface area contributed by atoms with Gasteiger partial charge in [-0.15, -0.1) is 0 Å². The normalized spacial score (nSPS) is 18.3. The van der Waals surface area contributed by atoms with E-state index < -0.39 is 0 Å². The average molecular weight is 267 g/mol. The molecule has 1 aromatic rings. The van der Waals surface area contributed by atoms with Crippen molar-refractivity contribution in [2.24, 2.45) is 11.7 Å². The largest absolute Gasteiger partial charge is 0.493 e. The summed E-state index contributed by atoms with van der Waals surface area (Å²) in [5, 5.41) is 0. The van der Waals surface area contributed by atoms with Crippen molar-refractivity contribution in [2.45, 2.75) is 32.2 Å². The van der Waals surface area contributed by atoms with E-state index in [4.69, 9.17) is 15.2 Å². The number of halogens is 1. The van der Waals surface area contributed by atoms with Gasteiger partial charge in [-0.2, -0.15) is 0 Å². The zero-order valence-corrected chi connectivity index (χ0v) is 11.4. The van der Waals surface area contributed by atoms with Gasteiger partial charge in [0.15, 0.2) is 0 Å². The Morgan fingerprint density at radius 1 is 1.37 bits per heavy atom. The maximum atomic E-state index is 13.5. The molecule has 1 fully saturated rings. The molecule has 0 amide bonds. The number of rotatable bonds is 5. The van der Waals surface area contributed by atoms with E-state index in [2.05, 4.69) is 0 Å². The lowest BCUT2D eigenvalue weighted by Crippen LogP contribution is -2.21. The van der Waals surface area contributed by atoms with Crippen molar-refractivity contribution in [3.05, 3.63) is 29.6 Å². The maximum absolute atomic E-state index is 13.5. The van der Waals surface area contributed by atoms with Gasteiger partial charge in [-0.3, -0.25) is 0 Å². The van der Waals surface area contributed by atoms with Crippen molar-refractivity contribution in [3.8, 4) is 5.75 Å². The monoisotopic (exact) mass is 267 g/mol. The molecule has 0 aromatic heterocycles. The van der Waals surface area contributed by atoms with Crippen molar-refractivity contribution in [3.63, 3.8) is 0 Å². The lowest BCUT2D eigenvalue weighted by Gasteiger charge is -2.22. The second kappa shape index (κ2) is 6.87. The zero-order valence-electron chi connectivity index (χ0n) is 11.4. The summed E-state index contributed by atoms with van der Waals surface area (Å²) in [5.41, 5.74) is 6.62. The first-order valence-electron chi connectivity index (χ1n) is 6.89. The molecule has 2 rings (SSSR count). The summed E-state index contributed by atoms with van der Waals surface area (Å²) < 4.78 is 24.5. The highest BCUT2D eigenvalue weighted by Gasteiger charge is 2.14. The third-order valence-electron chi connectivity index (χ3n) is 3.32. The molecule has 1 saturated heterocycles. The first-order valence-corrected chi connectivity index (χ1v) is 6.89. The molecule has 1 aromatic carbocycles. The zero-order chi connectivity index (χ0) is 13.7. The Morgan fingerprint density at radius 2 is 2.11 bits per heavy atom. The Hall–Kier alpha value is -1.13. The molecular formula is C15H22FNO2. The third kappa shape index (κ3) is 4.80. The summed E-state index contributed by atoms with van der Waals surface area (Å²) in [4.78, 5) is 0. The van der Waals surface area contributed by atoms with Crippen LogP contribution >= 0.6 is 0 Å². The highest BCUT2D eigenvalue weighted by molar-refractivity contribution is 5.30. The molecule has 0 bridgehead atoms. The summed E-state index contributed by atoms with van der Waals surface area (Å²) in [7, 11) is 0. The average Bonchev–Trinajstić information content (AvgIpc) is 2.36. The molecule has 106 valence electrons. The molecule has 1 aliphatic heterocycles. The van der Waals surface area contributed by atoms with Gasteiger partial charge < -0.3 is 15.2 Å². The lowest BCUT2D eigenvalue weighted by molar-refractivity contribution is 0.0497. The number of ether oxygens (including phenoxy) is 2. The van der Waals surface area contributed by atoms with Crippen LogP contribution in [-0.2, 0) is 11.2 Å². The van der Waals surface area contributed by atoms with Crippen LogP contribution in [0, 0.1) is 11.7 Å². The number of benzene rings is 1. The Labute approximate surface area is 113 Å². The summed E-state index contributed by atoms with van der Waals surface area (Å²) in [6.07, 6.45) is 2.69. The van der Waals surface area contributed by atoms with Gasteiger partial charge in [0, 0.05) is 25.3 Å². The highest BCUT2D eigenvalue weighted by atomic mass is 19.1. The fraction of sp³-hybridized carbons (Fsp3) is 0.600. The smallest absolute Gasteiger partial charge is 0.127 e. The van der Waals surface area contributed by atoms with Gasteiger partial charge >= 0.3 is 0 Å². The van der Waals surface area contributed by atoms with E-state index in [9.17, 15) is 4.39 Å². The quantitative estimate of drug-likeness (QED) is 0.891. The van der Waals surface area contributed by atoms with Gasteiger partial charge in [0.05, 0.1) is 6.61 Å². The summed E-state index contributed by atoms with van der Waals surface area (Å²) in [5.74, 6) is 0.844. The van der Waals surface area contributed by atoms with Gasteiger partial charge in [-0.25, -0.2) is 4.39 Å². The predicted molar refractivity (Wildman–Crippen MR) is 72.8 cm³/mol. The van der Waals surface area contributed by atoms with E-state index >= 15 is 0 Å². The van der Waals surface area contributed by atoms with Crippen LogP contribution < -0.4 is 10.5 Å². The lowest BCUT2D eigenvalue weighted by atomic mass is 10.0. The van der Waals surface area contributed by atoms with Crippen LogP contribution in [0.3, 0.4) is 0 Å². The minimum Gasteiger partial charge on any atom is -0.493 e. The molecule has 1 unspecified atom stereocenters. The van der Waals surface area contributed by atoms with E-state index in [1.807, 2.05) is 13.0 Å². The second-order valence-corrected chi connectivity index (χ2v) is 5.34. The van der Waals surface area contributed by atoms with Crippen molar-refractivity contribution in [2.75, 3.05) is 19.8 Å². The molecule has 2 N–H and O–H groups in total. The van der Waals surface area contributed by atoms with Gasteiger partial charge in [-0.05, 0) is 49.8 Å². The molecule has 4 heteroatoms. The molecule has 3 nitrogen and oxygen atoms in total. The molecule has 0 spiro atoms. The number of nitrogens with two attached hydrogens (primary N) is 1. The van der Waals surface area contributed by atoms with Crippen LogP contribution in [0.1, 0.15) is 25.3 Å². The Kier molecular flexibility index (Phi) is 5.16. The minimum absolute atomic E-state index is 0.0187. The topological polar surface area (TPSA) is 44.5 Å². The molecule has 1 heterocycles. The SMILES string of the molecule is CC(N)Cc1cc(F)cc(OCC2CCOCC2)c1. The third-order valence-corrected chi connectivity index (χ3v) is 3.32. The standard InChI is InChI=1S/C15H22FNO2/c1-11(17)6-13-7-14(16)9-15(8-13)19-10-12-2-4-18-5-3-12/h7-9,11-12H,2-6,10,17H2,1H3.